The van der Waals surface area contributed by atoms with E-state index in [1.54, 1.807) is 19.1 Å². The summed E-state index contributed by atoms with van der Waals surface area (Å²) < 4.78 is 76.4. The summed E-state index contributed by atoms with van der Waals surface area (Å²) in [5, 5.41) is 2.46. The molecule has 118 valence electrons. The highest BCUT2D eigenvalue weighted by Gasteiger charge is 2.36. The maximum absolute atomic E-state index is 12.7. The first-order chi connectivity index (χ1) is 10.1. The third kappa shape index (κ3) is 3.90. The van der Waals surface area contributed by atoms with E-state index in [0.29, 0.717) is 17.8 Å². The highest BCUT2D eigenvalue weighted by molar-refractivity contribution is 5.59. The number of aromatic nitrogens is 1. The smallest absolute Gasteiger partial charge is 0.340 e. The van der Waals surface area contributed by atoms with Gasteiger partial charge in [-0.15, -0.1) is 0 Å². The number of anilines is 2. The molecule has 1 heterocycles. The number of nitrogens with zero attached hydrogens (tertiary/aromatic N) is 1. The summed E-state index contributed by atoms with van der Waals surface area (Å²) in [5.74, 6) is 0.160. The third-order valence-electron chi connectivity index (χ3n) is 2.75. The second-order valence-corrected chi connectivity index (χ2v) is 4.58. The van der Waals surface area contributed by atoms with Crippen molar-refractivity contribution in [3.63, 3.8) is 0 Å². The van der Waals surface area contributed by atoms with Gasteiger partial charge in [-0.2, -0.15) is 26.3 Å². The van der Waals surface area contributed by atoms with E-state index in [9.17, 15) is 26.3 Å². The van der Waals surface area contributed by atoms with Crippen molar-refractivity contribution in [2.24, 2.45) is 0 Å². The van der Waals surface area contributed by atoms with Crippen LogP contribution in [-0.4, -0.2) is 4.98 Å². The molecule has 2 nitrogen and oxygen atoms in total. The van der Waals surface area contributed by atoms with Gasteiger partial charge in [0, 0.05) is 11.4 Å². The molecule has 1 aromatic heterocycles. The Balaban J connectivity index is 2.46. The van der Waals surface area contributed by atoms with Crippen molar-refractivity contribution >= 4 is 11.5 Å². The van der Waals surface area contributed by atoms with E-state index in [4.69, 9.17) is 0 Å². The van der Waals surface area contributed by atoms with Gasteiger partial charge in [-0.3, -0.25) is 0 Å². The lowest BCUT2D eigenvalue weighted by atomic mass is 10.1. The molecule has 0 radical (unpaired) electrons. The molecule has 1 N–H and O–H groups in total. The molecule has 0 aliphatic carbocycles. The lowest BCUT2D eigenvalue weighted by Gasteiger charge is -2.15. The van der Waals surface area contributed by atoms with Gasteiger partial charge in [-0.25, -0.2) is 4.98 Å². The van der Waals surface area contributed by atoms with Gasteiger partial charge >= 0.3 is 12.4 Å². The first-order valence-corrected chi connectivity index (χ1v) is 6.06. The van der Waals surface area contributed by atoms with Crippen LogP contribution >= 0.6 is 0 Å². The van der Waals surface area contributed by atoms with Crippen molar-refractivity contribution in [3.05, 3.63) is 53.2 Å². The molecule has 0 aliphatic rings. The predicted molar refractivity (Wildman–Crippen MR) is 68.7 cm³/mol. The van der Waals surface area contributed by atoms with Gasteiger partial charge in [0.25, 0.3) is 0 Å². The molecule has 0 saturated heterocycles. The summed E-state index contributed by atoms with van der Waals surface area (Å²) in [4.78, 5) is 3.98. The van der Waals surface area contributed by atoms with E-state index < -0.39 is 23.5 Å². The number of pyridine rings is 1. The minimum Gasteiger partial charge on any atom is -0.340 e. The number of alkyl halides is 6. The van der Waals surface area contributed by atoms with Gasteiger partial charge < -0.3 is 5.32 Å². The molecule has 2 aromatic rings. The molecule has 1 aromatic carbocycles. The number of hydrogen-bond donors (Lipinski definition) is 1. The third-order valence-corrected chi connectivity index (χ3v) is 2.75. The molecular weight excluding hydrogens is 310 g/mol. The Morgan fingerprint density at radius 2 is 1.41 bits per heavy atom. The molecule has 2 rings (SSSR count). The lowest BCUT2D eigenvalue weighted by molar-refractivity contribution is -0.143. The summed E-state index contributed by atoms with van der Waals surface area (Å²) in [5.41, 5.74) is -2.51. The van der Waals surface area contributed by atoms with Crippen molar-refractivity contribution in [2.45, 2.75) is 19.3 Å². The average Bonchev–Trinajstić information content (AvgIpc) is 2.36. The van der Waals surface area contributed by atoms with Crippen molar-refractivity contribution in [1.82, 2.24) is 4.98 Å². The van der Waals surface area contributed by atoms with E-state index in [2.05, 4.69) is 10.3 Å². The van der Waals surface area contributed by atoms with Gasteiger partial charge in [-0.1, -0.05) is 6.07 Å². The molecule has 8 heteroatoms. The molecular formula is C14H10F6N2. The van der Waals surface area contributed by atoms with E-state index in [1.165, 1.54) is 6.07 Å². The Morgan fingerprint density at radius 3 is 1.86 bits per heavy atom. The predicted octanol–water partition coefficient (Wildman–Crippen LogP) is 5.17. The summed E-state index contributed by atoms with van der Waals surface area (Å²) in [7, 11) is 0. The van der Waals surface area contributed by atoms with Crippen LogP contribution in [0.5, 0.6) is 0 Å². The van der Waals surface area contributed by atoms with Crippen molar-refractivity contribution in [3.8, 4) is 0 Å². The molecule has 0 atom stereocenters. The zero-order valence-corrected chi connectivity index (χ0v) is 11.2. The van der Waals surface area contributed by atoms with Crippen LogP contribution in [0, 0.1) is 6.92 Å². The monoisotopic (exact) mass is 320 g/mol. The summed E-state index contributed by atoms with van der Waals surface area (Å²) in [6.07, 6.45) is -9.75. The van der Waals surface area contributed by atoms with Crippen LogP contribution in [0.2, 0.25) is 0 Å². The molecule has 0 aliphatic heterocycles. The zero-order chi connectivity index (χ0) is 16.5. The summed E-state index contributed by atoms with van der Waals surface area (Å²) >= 11 is 0. The van der Waals surface area contributed by atoms with Crippen molar-refractivity contribution in [1.29, 1.82) is 0 Å². The van der Waals surface area contributed by atoms with Crippen molar-refractivity contribution < 1.29 is 26.3 Å². The maximum Gasteiger partial charge on any atom is 0.416 e. The van der Waals surface area contributed by atoms with Gasteiger partial charge in [0.1, 0.15) is 5.82 Å². The molecule has 0 amide bonds. The van der Waals surface area contributed by atoms with Crippen LogP contribution in [0.25, 0.3) is 0 Å². The van der Waals surface area contributed by atoms with Gasteiger partial charge in [-0.05, 0) is 37.3 Å². The Hall–Kier alpha value is -2.25. The van der Waals surface area contributed by atoms with Gasteiger partial charge in [0.2, 0.25) is 0 Å². The van der Waals surface area contributed by atoms with Crippen LogP contribution < -0.4 is 5.32 Å². The zero-order valence-electron chi connectivity index (χ0n) is 11.2. The Labute approximate surface area is 121 Å². The minimum absolute atomic E-state index is 0.0782. The van der Waals surface area contributed by atoms with Crippen molar-refractivity contribution in [2.75, 3.05) is 5.32 Å². The molecule has 0 fully saturated rings. The molecule has 0 spiro atoms. The van der Waals surface area contributed by atoms with Crippen LogP contribution in [0.15, 0.2) is 36.4 Å². The number of benzene rings is 1. The van der Waals surface area contributed by atoms with Crippen LogP contribution in [-0.2, 0) is 12.4 Å². The quantitative estimate of drug-likeness (QED) is 0.772. The average molecular weight is 320 g/mol. The van der Waals surface area contributed by atoms with Crippen LogP contribution in [0.1, 0.15) is 16.8 Å². The highest BCUT2D eigenvalue weighted by atomic mass is 19.4. The Kier molecular flexibility index (Phi) is 4.04. The fourth-order valence-electron chi connectivity index (χ4n) is 1.79. The van der Waals surface area contributed by atoms with Crippen LogP contribution in [0.4, 0.5) is 37.8 Å². The Bertz CT molecular complexity index is 644. The van der Waals surface area contributed by atoms with E-state index in [-0.39, 0.29) is 17.6 Å². The summed E-state index contributed by atoms with van der Waals surface area (Å²) in [6.45, 7) is 1.65. The largest absolute Gasteiger partial charge is 0.416 e. The topological polar surface area (TPSA) is 24.9 Å². The first kappa shape index (κ1) is 16.1. The van der Waals surface area contributed by atoms with Crippen LogP contribution in [0.3, 0.4) is 0 Å². The standard InChI is InChI=1S/C14H10F6N2/c1-8-3-2-4-12(21-8)22-11-6-9(13(15,16)17)5-10(7-11)14(18,19)20/h2-7H,1H3,(H,21,22). The van der Waals surface area contributed by atoms with E-state index in [1.807, 2.05) is 0 Å². The molecule has 22 heavy (non-hydrogen) atoms. The lowest BCUT2D eigenvalue weighted by Crippen LogP contribution is -2.11. The second-order valence-electron chi connectivity index (χ2n) is 4.58. The molecule has 0 saturated carbocycles. The SMILES string of the molecule is Cc1cccc(Nc2cc(C(F)(F)F)cc(C(F)(F)F)c2)n1. The number of nitrogens with one attached hydrogen (secondary N) is 1. The number of hydrogen-bond acceptors (Lipinski definition) is 2. The normalized spacial score (nSPS) is 12.3. The first-order valence-electron chi connectivity index (χ1n) is 6.06. The highest BCUT2D eigenvalue weighted by Crippen LogP contribution is 2.37. The minimum atomic E-state index is -4.88. The van der Waals surface area contributed by atoms with Gasteiger partial charge in [0.05, 0.1) is 11.1 Å². The fourth-order valence-corrected chi connectivity index (χ4v) is 1.79. The number of aryl methyl sites for hydroxylation is 1. The molecule has 0 unspecified atom stereocenters. The van der Waals surface area contributed by atoms with Gasteiger partial charge in [0.15, 0.2) is 0 Å². The fraction of sp³-hybridized carbons (Fsp3) is 0.214. The molecule has 0 bridgehead atoms. The number of rotatable bonds is 2. The second kappa shape index (κ2) is 5.51. The van der Waals surface area contributed by atoms with E-state index >= 15 is 0 Å². The van der Waals surface area contributed by atoms with E-state index in [0.717, 1.165) is 0 Å². The number of halogens is 6. The maximum atomic E-state index is 12.7. The Morgan fingerprint density at radius 1 is 0.864 bits per heavy atom. The summed E-state index contributed by atoms with van der Waals surface area (Å²) in [6, 6.07) is 5.98.